The Hall–Kier alpha value is -4.27. The van der Waals surface area contributed by atoms with Crippen LogP contribution in [-0.2, 0) is 9.59 Å². The molecule has 0 spiro atoms. The molecular formula is C24H22N2O7. The number of carbonyl (C=O) groups is 2. The van der Waals surface area contributed by atoms with Gasteiger partial charge in [0.25, 0.3) is 5.78 Å². The zero-order chi connectivity index (χ0) is 23.7. The fourth-order valence-electron chi connectivity index (χ4n) is 3.86. The average Bonchev–Trinajstić information content (AvgIpc) is 3.38. The molecule has 0 bridgehead atoms. The van der Waals surface area contributed by atoms with Gasteiger partial charge in [-0.1, -0.05) is 23.4 Å². The summed E-state index contributed by atoms with van der Waals surface area (Å²) >= 11 is 0. The highest BCUT2D eigenvalue weighted by Crippen LogP contribution is 2.45. The summed E-state index contributed by atoms with van der Waals surface area (Å²) in [5.74, 6) is -0.214. The maximum Gasteiger partial charge on any atom is 0.301 e. The van der Waals surface area contributed by atoms with E-state index in [4.69, 9.17) is 18.7 Å². The highest BCUT2D eigenvalue weighted by atomic mass is 16.5. The molecule has 1 amide bonds. The number of aromatic nitrogens is 1. The predicted octanol–water partition coefficient (Wildman–Crippen LogP) is 3.64. The van der Waals surface area contributed by atoms with E-state index >= 15 is 0 Å². The van der Waals surface area contributed by atoms with Crippen LogP contribution in [0.5, 0.6) is 17.2 Å². The Morgan fingerprint density at radius 2 is 1.67 bits per heavy atom. The molecule has 170 valence electrons. The highest BCUT2D eigenvalue weighted by molar-refractivity contribution is 6.51. The Kier molecular flexibility index (Phi) is 5.78. The van der Waals surface area contributed by atoms with E-state index in [1.165, 1.54) is 32.3 Å². The van der Waals surface area contributed by atoms with Crippen molar-refractivity contribution in [2.45, 2.75) is 13.0 Å². The number of carbonyl (C=O) groups excluding carboxylic acids is 2. The Morgan fingerprint density at radius 3 is 2.30 bits per heavy atom. The number of benzene rings is 2. The number of rotatable bonds is 6. The van der Waals surface area contributed by atoms with Crippen molar-refractivity contribution in [3.8, 4) is 17.2 Å². The van der Waals surface area contributed by atoms with Crippen LogP contribution < -0.4 is 19.1 Å². The zero-order valence-electron chi connectivity index (χ0n) is 18.5. The van der Waals surface area contributed by atoms with E-state index in [1.54, 1.807) is 49.4 Å². The summed E-state index contributed by atoms with van der Waals surface area (Å²) in [6.45, 7) is 1.68. The van der Waals surface area contributed by atoms with Crippen LogP contribution in [0, 0.1) is 6.92 Å². The first-order valence-corrected chi connectivity index (χ1v) is 10.0. The Labute approximate surface area is 189 Å². The van der Waals surface area contributed by atoms with Crippen LogP contribution in [0.2, 0.25) is 0 Å². The van der Waals surface area contributed by atoms with Crippen molar-refractivity contribution < 1.29 is 33.4 Å². The molecule has 9 nitrogen and oxygen atoms in total. The van der Waals surface area contributed by atoms with Crippen LogP contribution in [0.15, 0.2) is 58.6 Å². The van der Waals surface area contributed by atoms with Gasteiger partial charge < -0.3 is 23.8 Å². The lowest BCUT2D eigenvalue weighted by Crippen LogP contribution is -2.29. The molecule has 33 heavy (non-hydrogen) atoms. The van der Waals surface area contributed by atoms with Gasteiger partial charge in [0.2, 0.25) is 0 Å². The van der Waals surface area contributed by atoms with Gasteiger partial charge in [0.15, 0.2) is 17.3 Å². The minimum atomic E-state index is -1.00. The van der Waals surface area contributed by atoms with E-state index in [0.717, 1.165) is 0 Å². The lowest BCUT2D eigenvalue weighted by Gasteiger charge is -2.24. The number of ether oxygens (including phenoxy) is 3. The zero-order valence-corrected chi connectivity index (χ0v) is 18.5. The molecule has 0 aliphatic carbocycles. The van der Waals surface area contributed by atoms with Crippen LogP contribution in [0.3, 0.4) is 0 Å². The van der Waals surface area contributed by atoms with Crippen LogP contribution in [0.25, 0.3) is 5.76 Å². The molecule has 1 fully saturated rings. The Morgan fingerprint density at radius 1 is 0.970 bits per heavy atom. The van der Waals surface area contributed by atoms with Gasteiger partial charge >= 0.3 is 5.91 Å². The molecule has 0 saturated carbocycles. The molecule has 0 radical (unpaired) electrons. The number of anilines is 1. The van der Waals surface area contributed by atoms with E-state index in [-0.39, 0.29) is 22.7 Å². The van der Waals surface area contributed by atoms with Crippen LogP contribution in [0.1, 0.15) is 22.9 Å². The fourth-order valence-corrected chi connectivity index (χ4v) is 3.86. The molecule has 1 saturated heterocycles. The molecule has 2 aromatic carbocycles. The van der Waals surface area contributed by atoms with Crippen molar-refractivity contribution in [3.05, 3.63) is 71.0 Å². The van der Waals surface area contributed by atoms with Gasteiger partial charge in [0.1, 0.15) is 23.3 Å². The molecule has 4 rings (SSSR count). The molecule has 2 heterocycles. The number of Topliss-reactive ketones (excluding diaryl/α,β-unsaturated/α-hetero) is 1. The number of ketones is 1. The summed E-state index contributed by atoms with van der Waals surface area (Å²) in [7, 11) is 4.44. The largest absolute Gasteiger partial charge is 0.507 e. The SMILES string of the molecule is COc1ccc(C(O)=C2C(=O)C(=O)N(c3cc(C)on3)[C@@H]2c2ccccc2OC)cc1OC. The van der Waals surface area contributed by atoms with E-state index < -0.39 is 17.7 Å². The fraction of sp³-hybridized carbons (Fsp3) is 0.208. The van der Waals surface area contributed by atoms with Gasteiger partial charge in [0.05, 0.1) is 26.9 Å². The minimum absolute atomic E-state index is 0.114. The summed E-state index contributed by atoms with van der Waals surface area (Å²) in [5.41, 5.74) is 0.668. The van der Waals surface area contributed by atoms with E-state index in [2.05, 4.69) is 5.16 Å². The third-order valence-corrected chi connectivity index (χ3v) is 5.40. The van der Waals surface area contributed by atoms with Crippen molar-refractivity contribution in [1.29, 1.82) is 0 Å². The number of nitrogens with zero attached hydrogens (tertiary/aromatic N) is 2. The first-order chi connectivity index (χ1) is 15.9. The topological polar surface area (TPSA) is 111 Å². The maximum atomic E-state index is 13.2. The van der Waals surface area contributed by atoms with Crippen LogP contribution in [0.4, 0.5) is 5.82 Å². The highest BCUT2D eigenvalue weighted by Gasteiger charge is 2.49. The molecular weight excluding hydrogens is 428 g/mol. The van der Waals surface area contributed by atoms with Gasteiger partial charge in [-0.15, -0.1) is 0 Å². The number of aliphatic hydroxyl groups is 1. The van der Waals surface area contributed by atoms with Gasteiger partial charge in [-0.05, 0) is 31.2 Å². The van der Waals surface area contributed by atoms with Crippen molar-refractivity contribution in [1.82, 2.24) is 5.16 Å². The third kappa shape index (κ3) is 3.67. The summed E-state index contributed by atoms with van der Waals surface area (Å²) in [5, 5.41) is 15.2. The third-order valence-electron chi connectivity index (χ3n) is 5.40. The average molecular weight is 450 g/mol. The maximum absolute atomic E-state index is 13.2. The number of para-hydroxylation sites is 1. The molecule has 0 unspecified atom stereocenters. The van der Waals surface area contributed by atoms with Gasteiger partial charge in [-0.25, -0.2) is 0 Å². The van der Waals surface area contributed by atoms with E-state index in [0.29, 0.717) is 28.6 Å². The van der Waals surface area contributed by atoms with Crippen molar-refractivity contribution in [2.75, 3.05) is 26.2 Å². The van der Waals surface area contributed by atoms with E-state index in [9.17, 15) is 14.7 Å². The van der Waals surface area contributed by atoms with Crippen molar-refractivity contribution in [3.63, 3.8) is 0 Å². The second-order valence-electron chi connectivity index (χ2n) is 7.28. The molecule has 1 aromatic heterocycles. The number of amides is 1. The molecule has 1 aliphatic rings. The molecule has 9 heteroatoms. The van der Waals surface area contributed by atoms with Crippen molar-refractivity contribution in [2.24, 2.45) is 0 Å². The van der Waals surface area contributed by atoms with Crippen LogP contribution >= 0.6 is 0 Å². The quantitative estimate of drug-likeness (QED) is 0.344. The lowest BCUT2D eigenvalue weighted by molar-refractivity contribution is -0.132. The van der Waals surface area contributed by atoms with Gasteiger partial charge in [0, 0.05) is 17.2 Å². The first kappa shape index (κ1) is 21.9. The number of methoxy groups -OCH3 is 3. The number of hydrogen-bond donors (Lipinski definition) is 1. The summed E-state index contributed by atoms with van der Waals surface area (Å²) < 4.78 is 21.2. The monoisotopic (exact) mass is 450 g/mol. The Balaban J connectivity index is 1.97. The Bertz CT molecular complexity index is 1260. The molecule has 1 N–H and O–H groups in total. The first-order valence-electron chi connectivity index (χ1n) is 10.0. The predicted molar refractivity (Wildman–Crippen MR) is 119 cm³/mol. The second-order valence-corrected chi connectivity index (χ2v) is 7.28. The van der Waals surface area contributed by atoms with Gasteiger partial charge in [-0.3, -0.25) is 14.5 Å². The van der Waals surface area contributed by atoms with Crippen molar-refractivity contribution >= 4 is 23.3 Å². The lowest BCUT2D eigenvalue weighted by atomic mass is 9.94. The molecule has 1 aliphatic heterocycles. The number of aryl methyl sites for hydroxylation is 1. The number of hydrogen-bond acceptors (Lipinski definition) is 8. The normalized spacial score (nSPS) is 17.3. The van der Waals surface area contributed by atoms with Gasteiger partial charge in [-0.2, -0.15) is 0 Å². The minimum Gasteiger partial charge on any atom is -0.507 e. The molecule has 3 aromatic rings. The van der Waals surface area contributed by atoms with E-state index in [1.807, 2.05) is 0 Å². The molecule has 1 atom stereocenters. The standard InChI is InChI=1S/C24H22N2O7/c1-13-11-19(25-33-13)26-21(15-7-5-6-8-16(15)30-2)20(23(28)24(26)29)22(27)14-9-10-17(31-3)18(12-14)32-4/h5-12,21,27H,1-4H3/t21-/m1/s1. The summed E-state index contributed by atoms with van der Waals surface area (Å²) in [6.07, 6.45) is 0. The second kappa shape index (κ2) is 8.70. The summed E-state index contributed by atoms with van der Waals surface area (Å²) in [6, 6.07) is 12.2. The summed E-state index contributed by atoms with van der Waals surface area (Å²) in [4.78, 5) is 27.5. The number of aliphatic hydroxyl groups excluding tert-OH is 1. The smallest absolute Gasteiger partial charge is 0.301 e. The van der Waals surface area contributed by atoms with Crippen LogP contribution in [-0.4, -0.2) is 43.3 Å².